The second kappa shape index (κ2) is 8.77. The van der Waals surface area contributed by atoms with E-state index in [-0.39, 0.29) is 12.0 Å². The minimum atomic E-state index is -0.327. The molecule has 0 aliphatic carbocycles. The van der Waals surface area contributed by atoms with Gasteiger partial charge in [-0.1, -0.05) is 19.1 Å². The number of nitrogens with zero attached hydrogens (tertiary/aromatic N) is 1. The number of methoxy groups -OCH3 is 1. The van der Waals surface area contributed by atoms with Crippen molar-refractivity contribution in [3.05, 3.63) is 24.3 Å². The summed E-state index contributed by atoms with van der Waals surface area (Å²) in [5, 5.41) is 3.04. The van der Waals surface area contributed by atoms with Gasteiger partial charge >= 0.3 is 0 Å². The van der Waals surface area contributed by atoms with Crippen molar-refractivity contribution in [1.82, 2.24) is 5.32 Å². The first-order valence-corrected chi connectivity index (χ1v) is 8.46. The van der Waals surface area contributed by atoms with Crippen LogP contribution >= 0.6 is 0 Å². The predicted octanol–water partition coefficient (Wildman–Crippen LogP) is 2.45. The van der Waals surface area contributed by atoms with Gasteiger partial charge in [0.05, 0.1) is 12.8 Å². The molecule has 1 aliphatic heterocycles. The Hall–Kier alpha value is -1.75. The molecule has 0 aromatic heterocycles. The van der Waals surface area contributed by atoms with E-state index in [1.807, 2.05) is 32.0 Å². The van der Waals surface area contributed by atoms with Gasteiger partial charge in [-0.2, -0.15) is 0 Å². The summed E-state index contributed by atoms with van der Waals surface area (Å²) < 4.78 is 10.9. The van der Waals surface area contributed by atoms with E-state index in [1.165, 1.54) is 0 Å². The molecule has 1 saturated heterocycles. The molecule has 5 nitrogen and oxygen atoms in total. The van der Waals surface area contributed by atoms with Gasteiger partial charge in [-0.25, -0.2) is 0 Å². The van der Waals surface area contributed by atoms with Crippen molar-refractivity contribution < 1.29 is 14.3 Å². The minimum absolute atomic E-state index is 0.00471. The van der Waals surface area contributed by atoms with E-state index in [2.05, 4.69) is 16.3 Å². The van der Waals surface area contributed by atoms with Crippen molar-refractivity contribution in [2.45, 2.75) is 32.8 Å². The molecule has 0 radical (unpaired) electrons. The quantitative estimate of drug-likeness (QED) is 0.799. The van der Waals surface area contributed by atoms with Gasteiger partial charge in [0.15, 0.2) is 0 Å². The fourth-order valence-electron chi connectivity index (χ4n) is 3.05. The van der Waals surface area contributed by atoms with Crippen LogP contribution in [-0.2, 0) is 9.53 Å². The topological polar surface area (TPSA) is 50.8 Å². The number of amides is 1. The molecule has 2 rings (SSSR count). The van der Waals surface area contributed by atoms with Crippen LogP contribution in [0.2, 0.25) is 0 Å². The molecule has 1 fully saturated rings. The fourth-order valence-corrected chi connectivity index (χ4v) is 3.05. The Kier molecular flexibility index (Phi) is 6.71. The number of rotatable bonds is 8. The van der Waals surface area contributed by atoms with Crippen molar-refractivity contribution in [2.24, 2.45) is 5.92 Å². The molecule has 23 heavy (non-hydrogen) atoms. The molecule has 2 atom stereocenters. The fraction of sp³-hybridized carbons (Fsp3) is 0.611. The number of ether oxygens (including phenoxy) is 2. The highest BCUT2D eigenvalue weighted by Crippen LogP contribution is 2.31. The van der Waals surface area contributed by atoms with Crippen LogP contribution < -0.4 is 15.0 Å². The van der Waals surface area contributed by atoms with Gasteiger partial charge < -0.3 is 19.7 Å². The number of carbonyl (C=O) groups excluding carboxylic acids is 1. The van der Waals surface area contributed by atoms with Crippen LogP contribution in [0, 0.1) is 5.92 Å². The van der Waals surface area contributed by atoms with Gasteiger partial charge in [0.1, 0.15) is 11.9 Å². The maximum atomic E-state index is 12.1. The van der Waals surface area contributed by atoms with E-state index in [4.69, 9.17) is 9.47 Å². The van der Waals surface area contributed by atoms with Gasteiger partial charge in [0.2, 0.25) is 5.91 Å². The Labute approximate surface area is 139 Å². The number of hydrogen-bond acceptors (Lipinski definition) is 4. The molecule has 1 N–H and O–H groups in total. The third-order valence-corrected chi connectivity index (χ3v) is 4.31. The summed E-state index contributed by atoms with van der Waals surface area (Å²) in [5.74, 6) is 1.37. The maximum Gasteiger partial charge on any atom is 0.249 e. The average molecular weight is 320 g/mol. The standard InChI is InChI=1S/C18H28N2O3/c1-4-16(23-5-2)18(21)19-12-14-10-11-20(13-14)15-8-6-7-9-17(15)22-3/h6-9,14,16H,4-5,10-13H2,1-3H3,(H,19,21). The lowest BCUT2D eigenvalue weighted by atomic mass is 10.1. The lowest BCUT2D eigenvalue weighted by molar-refractivity contribution is -0.132. The second-order valence-electron chi connectivity index (χ2n) is 5.87. The van der Waals surface area contributed by atoms with Crippen molar-refractivity contribution >= 4 is 11.6 Å². The molecule has 1 amide bonds. The monoisotopic (exact) mass is 320 g/mol. The second-order valence-corrected chi connectivity index (χ2v) is 5.87. The number of para-hydroxylation sites is 2. The Morgan fingerprint density at radius 1 is 1.39 bits per heavy atom. The summed E-state index contributed by atoms with van der Waals surface area (Å²) in [7, 11) is 1.70. The van der Waals surface area contributed by atoms with Crippen LogP contribution in [0.1, 0.15) is 26.7 Å². The smallest absolute Gasteiger partial charge is 0.249 e. The molecule has 0 spiro atoms. The van der Waals surface area contributed by atoms with Crippen LogP contribution in [0.4, 0.5) is 5.69 Å². The SMILES string of the molecule is CCOC(CC)C(=O)NCC1CCN(c2ccccc2OC)C1. The van der Waals surface area contributed by atoms with Gasteiger partial charge in [-0.3, -0.25) is 4.79 Å². The van der Waals surface area contributed by atoms with Crippen LogP contribution in [0.15, 0.2) is 24.3 Å². The van der Waals surface area contributed by atoms with Crippen LogP contribution in [0.5, 0.6) is 5.75 Å². The molecule has 128 valence electrons. The number of benzene rings is 1. The lowest BCUT2D eigenvalue weighted by Gasteiger charge is -2.21. The largest absolute Gasteiger partial charge is 0.495 e. The lowest BCUT2D eigenvalue weighted by Crippen LogP contribution is -2.39. The molecule has 2 unspecified atom stereocenters. The third kappa shape index (κ3) is 4.61. The Morgan fingerprint density at radius 3 is 2.87 bits per heavy atom. The molecule has 1 aromatic rings. The highest BCUT2D eigenvalue weighted by molar-refractivity contribution is 5.80. The molecule has 1 aliphatic rings. The Morgan fingerprint density at radius 2 is 2.17 bits per heavy atom. The summed E-state index contributed by atoms with van der Waals surface area (Å²) in [6.07, 6.45) is 1.45. The number of nitrogens with one attached hydrogen (secondary N) is 1. The van der Waals surface area contributed by atoms with Gasteiger partial charge in [0, 0.05) is 26.2 Å². The molecular formula is C18H28N2O3. The highest BCUT2D eigenvalue weighted by Gasteiger charge is 2.25. The molecule has 1 heterocycles. The summed E-state index contributed by atoms with van der Waals surface area (Å²) >= 11 is 0. The van der Waals surface area contributed by atoms with Crippen molar-refractivity contribution in [2.75, 3.05) is 38.3 Å². The summed E-state index contributed by atoms with van der Waals surface area (Å²) in [4.78, 5) is 14.4. The van der Waals surface area contributed by atoms with Gasteiger partial charge in [-0.15, -0.1) is 0 Å². The average Bonchev–Trinajstić information content (AvgIpc) is 3.06. The molecule has 5 heteroatoms. The van der Waals surface area contributed by atoms with Gasteiger partial charge in [0.25, 0.3) is 0 Å². The van der Waals surface area contributed by atoms with E-state index in [0.29, 0.717) is 25.5 Å². The predicted molar refractivity (Wildman–Crippen MR) is 92.0 cm³/mol. The zero-order chi connectivity index (χ0) is 16.7. The zero-order valence-electron chi connectivity index (χ0n) is 14.4. The normalized spacial score (nSPS) is 18.7. The third-order valence-electron chi connectivity index (χ3n) is 4.31. The first-order valence-electron chi connectivity index (χ1n) is 8.46. The summed E-state index contributed by atoms with van der Waals surface area (Å²) in [5.41, 5.74) is 1.13. The Balaban J connectivity index is 1.85. The Bertz CT molecular complexity index is 507. The van der Waals surface area contributed by atoms with E-state index in [0.717, 1.165) is 30.9 Å². The van der Waals surface area contributed by atoms with E-state index in [1.54, 1.807) is 7.11 Å². The number of hydrogen-bond donors (Lipinski definition) is 1. The zero-order valence-corrected chi connectivity index (χ0v) is 14.4. The molecule has 0 bridgehead atoms. The first kappa shape index (κ1) is 17.6. The molecule has 1 aromatic carbocycles. The minimum Gasteiger partial charge on any atom is -0.495 e. The van der Waals surface area contributed by atoms with E-state index >= 15 is 0 Å². The summed E-state index contributed by atoms with van der Waals surface area (Å²) in [6, 6.07) is 8.08. The number of carbonyl (C=O) groups is 1. The molecule has 0 saturated carbocycles. The maximum absolute atomic E-state index is 12.1. The van der Waals surface area contributed by atoms with Crippen molar-refractivity contribution in [3.63, 3.8) is 0 Å². The first-order chi connectivity index (χ1) is 11.2. The van der Waals surface area contributed by atoms with Crippen LogP contribution in [0.25, 0.3) is 0 Å². The van der Waals surface area contributed by atoms with Gasteiger partial charge in [-0.05, 0) is 37.8 Å². The molecular weight excluding hydrogens is 292 g/mol. The van der Waals surface area contributed by atoms with E-state index < -0.39 is 0 Å². The van der Waals surface area contributed by atoms with Crippen LogP contribution in [0.3, 0.4) is 0 Å². The van der Waals surface area contributed by atoms with E-state index in [9.17, 15) is 4.79 Å². The van der Waals surface area contributed by atoms with Crippen molar-refractivity contribution in [1.29, 1.82) is 0 Å². The van der Waals surface area contributed by atoms with Crippen LogP contribution in [-0.4, -0.2) is 45.4 Å². The number of anilines is 1. The van der Waals surface area contributed by atoms with Crippen molar-refractivity contribution in [3.8, 4) is 5.75 Å². The summed E-state index contributed by atoms with van der Waals surface area (Å²) in [6.45, 7) is 7.08. The highest BCUT2D eigenvalue weighted by atomic mass is 16.5.